The van der Waals surface area contributed by atoms with Crippen LogP contribution in [0.5, 0.6) is 0 Å². The van der Waals surface area contributed by atoms with Crippen molar-refractivity contribution in [3.63, 3.8) is 0 Å². The van der Waals surface area contributed by atoms with Gasteiger partial charge in [0, 0.05) is 0 Å². The summed E-state index contributed by atoms with van der Waals surface area (Å²) in [7, 11) is -4.04. The first-order chi connectivity index (χ1) is 18.7. The Morgan fingerprint density at radius 1 is 1.10 bits per heavy atom. The molecule has 0 unspecified atom stereocenters. The van der Waals surface area contributed by atoms with Gasteiger partial charge >= 0.3 is 12.1 Å². The zero-order chi connectivity index (χ0) is 27.8. The van der Waals surface area contributed by atoms with Crippen molar-refractivity contribution in [3.05, 3.63) is 78.0 Å². The van der Waals surface area contributed by atoms with E-state index in [1.807, 2.05) is 36.4 Å². The summed E-state index contributed by atoms with van der Waals surface area (Å²) in [5.41, 5.74) is 1.38. The van der Waals surface area contributed by atoms with Gasteiger partial charge in [-0.05, 0) is 25.0 Å². The van der Waals surface area contributed by atoms with Gasteiger partial charge in [-0.25, -0.2) is 22.7 Å². The molecule has 1 aromatic heterocycles. The number of benzene rings is 2. The van der Waals surface area contributed by atoms with E-state index >= 15 is 0 Å². The molecule has 2 amide bonds. The van der Waals surface area contributed by atoms with E-state index in [9.17, 15) is 22.8 Å². The summed E-state index contributed by atoms with van der Waals surface area (Å²) in [4.78, 5) is 39.3. The summed E-state index contributed by atoms with van der Waals surface area (Å²) in [5.74, 6) is -1.26. The van der Waals surface area contributed by atoms with E-state index in [0.717, 1.165) is 4.90 Å². The van der Waals surface area contributed by atoms with Crippen molar-refractivity contribution in [1.82, 2.24) is 19.9 Å². The molecule has 2 aromatic carbocycles. The topological polar surface area (TPSA) is 150 Å². The summed E-state index contributed by atoms with van der Waals surface area (Å²) < 4.78 is 37.6. The minimum Gasteiger partial charge on any atom is -0.451 e. The van der Waals surface area contributed by atoms with Gasteiger partial charge < -0.3 is 14.4 Å². The zero-order valence-electron chi connectivity index (χ0n) is 21.3. The molecule has 2 saturated heterocycles. The number of hydrogen-bond acceptors (Lipinski definition) is 9. The van der Waals surface area contributed by atoms with Crippen LogP contribution in [0.25, 0.3) is 0 Å². The van der Waals surface area contributed by atoms with Crippen molar-refractivity contribution in [3.8, 4) is 0 Å². The highest BCUT2D eigenvalue weighted by Crippen LogP contribution is 2.47. The first kappa shape index (κ1) is 26.4. The molecule has 3 heterocycles. The molecule has 0 aliphatic carbocycles. The van der Waals surface area contributed by atoms with Crippen LogP contribution in [0.1, 0.15) is 37.5 Å². The molecule has 3 aromatic rings. The number of fused-ring (bicyclic) bond motifs is 1. The highest BCUT2D eigenvalue weighted by molar-refractivity contribution is 7.93. The van der Waals surface area contributed by atoms with Gasteiger partial charge in [0.2, 0.25) is 5.91 Å². The molecule has 2 aliphatic rings. The standard InChI is InChI=1S/C26H27N5O7S/c1-3-37-25(34)27-19-15-30(29-28-19)16-26(2)23(31-20(32)14-21(31)39(26,35)36)24(33)38-22(17-10-6-4-7-11-17)18-12-8-5-9-13-18/h4-13,15,21-23H,3,14,16H2,1-2H3,(H,27,34)/t21-,23-,26-/m0/s1. The Morgan fingerprint density at radius 2 is 1.72 bits per heavy atom. The molecule has 39 heavy (non-hydrogen) atoms. The van der Waals surface area contributed by atoms with Crippen molar-refractivity contribution in [2.45, 2.75) is 49.1 Å². The van der Waals surface area contributed by atoms with Crippen LogP contribution in [0.15, 0.2) is 66.9 Å². The normalized spacial score (nSPS) is 23.2. The number of β-lactam (4-membered cyclic amide) rings is 1. The fourth-order valence-electron chi connectivity index (χ4n) is 5.06. The Labute approximate surface area is 224 Å². The number of carbonyl (C=O) groups excluding carboxylic acids is 3. The number of esters is 1. The number of hydrogen-bond donors (Lipinski definition) is 1. The van der Waals surface area contributed by atoms with Gasteiger partial charge in [-0.2, -0.15) is 0 Å². The number of amides is 2. The number of carbonyl (C=O) groups is 3. The molecule has 204 valence electrons. The van der Waals surface area contributed by atoms with Gasteiger partial charge in [0.15, 0.2) is 27.8 Å². The molecule has 0 saturated carbocycles. The SMILES string of the molecule is CCOC(=O)Nc1cn(C[C@@]2(C)[C@H](C(=O)OC(c3ccccc3)c3ccccc3)N3C(=O)C[C@@H]3S2(=O)=O)nn1. The van der Waals surface area contributed by atoms with E-state index in [1.165, 1.54) is 17.8 Å². The lowest BCUT2D eigenvalue weighted by Crippen LogP contribution is -2.58. The summed E-state index contributed by atoms with van der Waals surface area (Å²) in [6.07, 6.45) is -0.452. The Kier molecular flexibility index (Phi) is 6.85. The van der Waals surface area contributed by atoms with Crippen molar-refractivity contribution in [2.75, 3.05) is 11.9 Å². The molecule has 2 aliphatic heterocycles. The van der Waals surface area contributed by atoms with Crippen LogP contribution in [0, 0.1) is 0 Å². The number of ether oxygens (including phenoxy) is 2. The van der Waals surface area contributed by atoms with E-state index in [4.69, 9.17) is 9.47 Å². The predicted octanol–water partition coefficient (Wildman–Crippen LogP) is 2.29. The molecule has 0 spiro atoms. The molecule has 0 radical (unpaired) electrons. The van der Waals surface area contributed by atoms with E-state index in [1.54, 1.807) is 31.2 Å². The maximum atomic E-state index is 13.9. The van der Waals surface area contributed by atoms with Gasteiger partial charge in [0.25, 0.3) is 0 Å². The fraction of sp³-hybridized carbons (Fsp3) is 0.346. The number of sulfone groups is 1. The molecule has 12 nitrogen and oxygen atoms in total. The van der Waals surface area contributed by atoms with E-state index in [2.05, 4.69) is 15.6 Å². The molecule has 0 bridgehead atoms. The van der Waals surface area contributed by atoms with Gasteiger partial charge in [0.05, 0.1) is 25.8 Å². The highest BCUT2D eigenvalue weighted by atomic mass is 32.2. The van der Waals surface area contributed by atoms with E-state index in [0.29, 0.717) is 11.1 Å². The zero-order valence-corrected chi connectivity index (χ0v) is 22.1. The quantitative estimate of drug-likeness (QED) is 0.327. The van der Waals surface area contributed by atoms with Crippen LogP contribution in [-0.4, -0.2) is 69.1 Å². The molecular formula is C26H27N5O7S. The molecular weight excluding hydrogens is 526 g/mol. The summed E-state index contributed by atoms with van der Waals surface area (Å²) in [6.45, 7) is 2.89. The first-order valence-electron chi connectivity index (χ1n) is 12.3. The minimum atomic E-state index is -4.04. The Bertz CT molecular complexity index is 1460. The lowest BCUT2D eigenvalue weighted by Gasteiger charge is -2.37. The minimum absolute atomic E-state index is 0.0409. The van der Waals surface area contributed by atoms with Crippen molar-refractivity contribution in [1.29, 1.82) is 0 Å². The number of nitrogens with zero attached hydrogens (tertiary/aromatic N) is 4. The monoisotopic (exact) mass is 553 g/mol. The summed E-state index contributed by atoms with van der Waals surface area (Å²) in [5, 5.41) is 9.01. The predicted molar refractivity (Wildman–Crippen MR) is 138 cm³/mol. The Hall–Kier alpha value is -4.26. The number of anilines is 1. The molecule has 3 atom stereocenters. The van der Waals surface area contributed by atoms with Crippen molar-refractivity contribution < 1.29 is 32.3 Å². The molecule has 1 N–H and O–H groups in total. The van der Waals surface area contributed by atoms with Gasteiger partial charge in [-0.3, -0.25) is 10.1 Å². The van der Waals surface area contributed by atoms with Crippen molar-refractivity contribution >= 4 is 33.6 Å². The third-order valence-electron chi connectivity index (χ3n) is 6.99. The number of nitrogens with one attached hydrogen (secondary N) is 1. The lowest BCUT2D eigenvalue weighted by atomic mass is 9.95. The third kappa shape index (κ3) is 4.62. The van der Waals surface area contributed by atoms with Crippen molar-refractivity contribution in [2.24, 2.45) is 0 Å². The molecule has 2 fully saturated rings. The van der Waals surface area contributed by atoms with E-state index < -0.39 is 50.1 Å². The number of aromatic nitrogens is 3. The average Bonchev–Trinajstić information content (AvgIpc) is 3.40. The van der Waals surface area contributed by atoms with Crippen LogP contribution in [-0.2, 0) is 35.4 Å². The Morgan fingerprint density at radius 3 is 2.28 bits per heavy atom. The maximum Gasteiger partial charge on any atom is 0.412 e. The van der Waals surface area contributed by atoms with Crippen LogP contribution in [0.3, 0.4) is 0 Å². The van der Waals surface area contributed by atoms with E-state index in [-0.39, 0.29) is 25.4 Å². The second-order valence-electron chi connectivity index (χ2n) is 9.51. The van der Waals surface area contributed by atoms with Crippen LogP contribution in [0.4, 0.5) is 10.6 Å². The third-order valence-corrected chi connectivity index (χ3v) is 9.76. The second-order valence-corrected chi connectivity index (χ2v) is 12.1. The van der Waals surface area contributed by atoms with Gasteiger partial charge in [-0.15, -0.1) is 5.10 Å². The summed E-state index contributed by atoms with van der Waals surface area (Å²) in [6, 6.07) is 16.7. The smallest absolute Gasteiger partial charge is 0.412 e. The van der Waals surface area contributed by atoms with Gasteiger partial charge in [-0.1, -0.05) is 65.9 Å². The Balaban J connectivity index is 1.47. The second kappa shape index (κ2) is 10.1. The first-order valence-corrected chi connectivity index (χ1v) is 13.9. The number of rotatable bonds is 8. The largest absolute Gasteiger partial charge is 0.451 e. The highest BCUT2D eigenvalue weighted by Gasteiger charge is 2.70. The lowest BCUT2D eigenvalue weighted by molar-refractivity contribution is -0.164. The van der Waals surface area contributed by atoms with Gasteiger partial charge in [0.1, 0.15) is 10.1 Å². The fourth-order valence-corrected chi connectivity index (χ4v) is 7.42. The summed E-state index contributed by atoms with van der Waals surface area (Å²) >= 11 is 0. The molecule has 5 rings (SSSR count). The van der Waals surface area contributed by atoms with Crippen LogP contribution < -0.4 is 5.32 Å². The average molecular weight is 554 g/mol. The molecule has 13 heteroatoms. The maximum absolute atomic E-state index is 13.9. The van der Waals surface area contributed by atoms with Crippen LogP contribution in [0.2, 0.25) is 0 Å². The van der Waals surface area contributed by atoms with Crippen LogP contribution >= 0.6 is 0 Å².